The monoisotopic (exact) mass is 405 g/mol. The molecule has 1 unspecified atom stereocenters. The second kappa shape index (κ2) is 9.77. The summed E-state index contributed by atoms with van der Waals surface area (Å²) >= 11 is 6.00. The highest BCUT2D eigenvalue weighted by Crippen LogP contribution is 2.29. The van der Waals surface area contributed by atoms with E-state index in [-0.39, 0.29) is 23.9 Å². The third kappa shape index (κ3) is 5.49. The van der Waals surface area contributed by atoms with Crippen LogP contribution in [0.3, 0.4) is 0 Å². The SMILES string of the molecule is CC1C=C(CCN[C@@H](C(=O)N2CCC(c3ccc(Cl)cc3)CC2)C(C)C)ON1. The summed E-state index contributed by atoms with van der Waals surface area (Å²) in [7, 11) is 0. The molecule has 0 spiro atoms. The number of hydrogen-bond donors (Lipinski definition) is 2. The lowest BCUT2D eigenvalue weighted by Crippen LogP contribution is -2.51. The van der Waals surface area contributed by atoms with Crippen molar-refractivity contribution in [2.45, 2.75) is 58.0 Å². The molecule has 6 heteroatoms. The molecule has 2 aliphatic rings. The Kier molecular flexibility index (Phi) is 7.38. The van der Waals surface area contributed by atoms with E-state index in [4.69, 9.17) is 16.4 Å². The van der Waals surface area contributed by atoms with E-state index in [1.54, 1.807) is 0 Å². The van der Waals surface area contributed by atoms with Gasteiger partial charge in [-0.2, -0.15) is 5.48 Å². The maximum Gasteiger partial charge on any atom is 0.239 e. The second-order valence-electron chi connectivity index (χ2n) is 8.22. The molecular weight excluding hydrogens is 374 g/mol. The molecule has 28 heavy (non-hydrogen) atoms. The number of carbonyl (C=O) groups excluding carboxylic acids is 1. The van der Waals surface area contributed by atoms with Crippen LogP contribution in [0.4, 0.5) is 0 Å². The van der Waals surface area contributed by atoms with Crippen LogP contribution in [0.1, 0.15) is 51.5 Å². The van der Waals surface area contributed by atoms with E-state index in [9.17, 15) is 4.79 Å². The third-order valence-corrected chi connectivity index (χ3v) is 5.88. The summed E-state index contributed by atoms with van der Waals surface area (Å²) in [5, 5.41) is 4.22. The maximum atomic E-state index is 13.1. The van der Waals surface area contributed by atoms with E-state index in [1.807, 2.05) is 17.0 Å². The number of nitrogens with one attached hydrogen (secondary N) is 2. The number of benzene rings is 1. The van der Waals surface area contributed by atoms with E-state index in [0.717, 1.165) is 49.7 Å². The summed E-state index contributed by atoms with van der Waals surface area (Å²) in [5.74, 6) is 1.92. The number of rotatable bonds is 7. The first kappa shape index (κ1) is 21.2. The second-order valence-corrected chi connectivity index (χ2v) is 8.65. The zero-order valence-corrected chi connectivity index (χ0v) is 17.8. The molecule has 0 radical (unpaired) electrons. The topological polar surface area (TPSA) is 53.6 Å². The molecule has 2 N–H and O–H groups in total. The van der Waals surface area contributed by atoms with Crippen molar-refractivity contribution < 1.29 is 9.63 Å². The Labute approximate surface area is 173 Å². The Balaban J connectivity index is 1.49. The maximum absolute atomic E-state index is 13.1. The first-order valence-electron chi connectivity index (χ1n) is 10.3. The number of likely N-dealkylation sites (tertiary alicyclic amines) is 1. The van der Waals surface area contributed by atoms with Gasteiger partial charge in [-0.25, -0.2) is 0 Å². The molecule has 1 fully saturated rings. The van der Waals surface area contributed by atoms with Crippen molar-refractivity contribution in [2.24, 2.45) is 5.92 Å². The first-order valence-corrected chi connectivity index (χ1v) is 10.7. The minimum absolute atomic E-state index is 0.153. The van der Waals surface area contributed by atoms with Gasteiger partial charge in [0.15, 0.2) is 0 Å². The van der Waals surface area contributed by atoms with E-state index >= 15 is 0 Å². The van der Waals surface area contributed by atoms with Crippen LogP contribution in [0, 0.1) is 5.92 Å². The van der Waals surface area contributed by atoms with Gasteiger partial charge in [0.2, 0.25) is 5.91 Å². The molecule has 5 nitrogen and oxygen atoms in total. The van der Waals surface area contributed by atoms with Crippen LogP contribution in [0.15, 0.2) is 36.1 Å². The average molecular weight is 406 g/mol. The van der Waals surface area contributed by atoms with Crippen molar-refractivity contribution in [3.05, 3.63) is 46.7 Å². The molecule has 2 aliphatic heterocycles. The molecule has 2 heterocycles. The Morgan fingerprint density at radius 2 is 1.96 bits per heavy atom. The highest BCUT2D eigenvalue weighted by molar-refractivity contribution is 6.30. The Morgan fingerprint density at radius 1 is 1.29 bits per heavy atom. The summed E-state index contributed by atoms with van der Waals surface area (Å²) < 4.78 is 0. The Hall–Kier alpha value is -1.56. The number of hydrogen-bond acceptors (Lipinski definition) is 4. The fourth-order valence-electron chi connectivity index (χ4n) is 3.97. The predicted molar refractivity (Wildman–Crippen MR) is 113 cm³/mol. The molecule has 0 saturated carbocycles. The number of carbonyl (C=O) groups is 1. The lowest BCUT2D eigenvalue weighted by Gasteiger charge is -2.35. The number of piperidine rings is 1. The highest BCUT2D eigenvalue weighted by Gasteiger charge is 2.30. The summed E-state index contributed by atoms with van der Waals surface area (Å²) in [6.07, 6.45) is 4.87. The minimum Gasteiger partial charge on any atom is -0.413 e. The Bertz CT molecular complexity index is 682. The molecule has 0 aliphatic carbocycles. The van der Waals surface area contributed by atoms with Crippen LogP contribution in [-0.4, -0.2) is 42.5 Å². The number of halogens is 1. The van der Waals surface area contributed by atoms with Crippen molar-refractivity contribution >= 4 is 17.5 Å². The summed E-state index contributed by atoms with van der Waals surface area (Å²) in [6.45, 7) is 8.61. The highest BCUT2D eigenvalue weighted by atomic mass is 35.5. The van der Waals surface area contributed by atoms with Gasteiger partial charge in [0.05, 0.1) is 12.1 Å². The van der Waals surface area contributed by atoms with E-state index in [2.05, 4.69) is 49.8 Å². The van der Waals surface area contributed by atoms with Gasteiger partial charge in [-0.15, -0.1) is 0 Å². The molecule has 1 aromatic rings. The summed E-state index contributed by atoms with van der Waals surface area (Å²) in [4.78, 5) is 20.5. The van der Waals surface area contributed by atoms with Gasteiger partial charge in [-0.05, 0) is 55.4 Å². The molecule has 154 valence electrons. The fraction of sp³-hybridized carbons (Fsp3) is 0.591. The number of amides is 1. The van der Waals surface area contributed by atoms with Crippen molar-refractivity contribution in [3.8, 4) is 0 Å². The van der Waals surface area contributed by atoms with Gasteiger partial charge < -0.3 is 15.1 Å². The third-order valence-electron chi connectivity index (χ3n) is 5.63. The molecular formula is C22H32ClN3O2. The van der Waals surface area contributed by atoms with Crippen LogP contribution in [0.25, 0.3) is 0 Å². The van der Waals surface area contributed by atoms with Gasteiger partial charge >= 0.3 is 0 Å². The van der Waals surface area contributed by atoms with E-state index in [1.165, 1.54) is 5.56 Å². The molecule has 0 aromatic heterocycles. The normalized spacial score (nSPS) is 21.5. The lowest BCUT2D eigenvalue weighted by molar-refractivity contribution is -0.135. The van der Waals surface area contributed by atoms with Crippen LogP contribution >= 0.6 is 11.6 Å². The molecule has 2 atom stereocenters. The molecule has 0 bridgehead atoms. The van der Waals surface area contributed by atoms with Crippen LogP contribution in [0.5, 0.6) is 0 Å². The number of hydroxylamine groups is 1. The standard InChI is InChI=1S/C22H32ClN3O2/c1-15(2)21(24-11-8-20-14-16(3)25-28-20)22(27)26-12-9-18(10-13-26)17-4-6-19(23)7-5-17/h4-7,14-16,18,21,24-25H,8-13H2,1-3H3/t16?,21-/m1/s1. The zero-order valence-electron chi connectivity index (χ0n) is 17.1. The molecule has 1 aromatic carbocycles. The van der Waals surface area contributed by atoms with E-state index < -0.39 is 0 Å². The van der Waals surface area contributed by atoms with Crippen molar-refractivity contribution in [2.75, 3.05) is 19.6 Å². The number of nitrogens with zero attached hydrogens (tertiary/aromatic N) is 1. The first-order chi connectivity index (χ1) is 13.4. The van der Waals surface area contributed by atoms with E-state index in [0.29, 0.717) is 5.92 Å². The largest absolute Gasteiger partial charge is 0.413 e. The molecule has 3 rings (SSSR count). The van der Waals surface area contributed by atoms with Gasteiger partial charge in [0.25, 0.3) is 0 Å². The van der Waals surface area contributed by atoms with Crippen molar-refractivity contribution in [1.82, 2.24) is 15.7 Å². The Morgan fingerprint density at radius 3 is 2.54 bits per heavy atom. The zero-order chi connectivity index (χ0) is 20.1. The van der Waals surface area contributed by atoms with Crippen LogP contribution in [-0.2, 0) is 9.63 Å². The summed E-state index contributed by atoms with van der Waals surface area (Å²) in [5.41, 5.74) is 4.24. The predicted octanol–water partition coefficient (Wildman–Crippen LogP) is 3.86. The van der Waals surface area contributed by atoms with Crippen molar-refractivity contribution in [3.63, 3.8) is 0 Å². The fourth-order valence-corrected chi connectivity index (χ4v) is 4.10. The van der Waals surface area contributed by atoms with Gasteiger partial charge in [-0.3, -0.25) is 4.79 Å². The lowest BCUT2D eigenvalue weighted by atomic mass is 9.89. The van der Waals surface area contributed by atoms with Crippen LogP contribution < -0.4 is 10.8 Å². The van der Waals surface area contributed by atoms with Crippen molar-refractivity contribution in [1.29, 1.82) is 0 Å². The minimum atomic E-state index is -0.153. The quantitative estimate of drug-likeness (QED) is 0.723. The molecule has 1 amide bonds. The average Bonchev–Trinajstić information content (AvgIpc) is 3.10. The van der Waals surface area contributed by atoms with Crippen LogP contribution in [0.2, 0.25) is 5.02 Å². The van der Waals surface area contributed by atoms with Gasteiger partial charge in [0, 0.05) is 31.1 Å². The molecule has 1 saturated heterocycles. The summed E-state index contributed by atoms with van der Waals surface area (Å²) in [6, 6.07) is 8.22. The van der Waals surface area contributed by atoms with Gasteiger partial charge in [-0.1, -0.05) is 37.6 Å². The smallest absolute Gasteiger partial charge is 0.239 e. The van der Waals surface area contributed by atoms with Gasteiger partial charge in [0.1, 0.15) is 5.76 Å².